The monoisotopic (exact) mass is 593 g/mol. The van der Waals surface area contributed by atoms with Gasteiger partial charge >= 0.3 is 0 Å². The Balaban J connectivity index is 1.53. The number of sulfone groups is 1. The lowest BCUT2D eigenvalue weighted by molar-refractivity contribution is -0.117. The number of para-hydroxylation sites is 1. The molecule has 12 heteroatoms. The SMILES string of the molecule is CC1CCCN(S(=O)(=O)c2cccc(-c3nn(-c4ccccc4)cc3C=C(C#N)C(=O)NC3CCS(=O)(=O)C3)c2)C1. The van der Waals surface area contributed by atoms with E-state index in [4.69, 9.17) is 5.10 Å². The molecule has 3 aromatic rings. The van der Waals surface area contributed by atoms with Crippen molar-refractivity contribution in [2.45, 2.75) is 37.1 Å². The molecule has 41 heavy (non-hydrogen) atoms. The quantitative estimate of drug-likeness (QED) is 0.328. The summed E-state index contributed by atoms with van der Waals surface area (Å²) >= 11 is 0. The van der Waals surface area contributed by atoms with Gasteiger partial charge in [-0.1, -0.05) is 37.3 Å². The minimum Gasteiger partial charge on any atom is -0.348 e. The molecule has 1 amide bonds. The second-order valence-electron chi connectivity index (χ2n) is 10.6. The second kappa shape index (κ2) is 11.6. The zero-order valence-corrected chi connectivity index (χ0v) is 24.2. The average molecular weight is 594 g/mol. The molecule has 5 rings (SSSR count). The number of hydrogen-bond donors (Lipinski definition) is 1. The van der Waals surface area contributed by atoms with Crippen LogP contribution in [0.5, 0.6) is 0 Å². The Morgan fingerprint density at radius 3 is 2.61 bits per heavy atom. The number of rotatable bonds is 7. The van der Waals surface area contributed by atoms with Gasteiger partial charge in [0, 0.05) is 36.5 Å². The van der Waals surface area contributed by atoms with Crippen molar-refractivity contribution in [1.82, 2.24) is 19.4 Å². The number of nitrogens with zero attached hydrogens (tertiary/aromatic N) is 4. The highest BCUT2D eigenvalue weighted by molar-refractivity contribution is 7.91. The predicted octanol–water partition coefficient (Wildman–Crippen LogP) is 3.17. The number of benzene rings is 2. The van der Waals surface area contributed by atoms with E-state index in [9.17, 15) is 26.9 Å². The van der Waals surface area contributed by atoms with Crippen molar-refractivity contribution in [2.75, 3.05) is 24.6 Å². The number of carbonyl (C=O) groups excluding carboxylic acids is 1. The highest BCUT2D eigenvalue weighted by Crippen LogP contribution is 2.30. The number of piperidine rings is 1. The summed E-state index contributed by atoms with van der Waals surface area (Å²) in [6, 6.07) is 17.1. The van der Waals surface area contributed by atoms with Gasteiger partial charge in [0.1, 0.15) is 17.3 Å². The molecule has 214 valence electrons. The zero-order chi connectivity index (χ0) is 29.2. The molecule has 0 saturated carbocycles. The Morgan fingerprint density at radius 1 is 1.15 bits per heavy atom. The first-order valence-corrected chi connectivity index (χ1v) is 16.7. The van der Waals surface area contributed by atoms with E-state index >= 15 is 0 Å². The number of amides is 1. The van der Waals surface area contributed by atoms with E-state index in [1.807, 2.05) is 43.3 Å². The molecule has 1 aromatic heterocycles. The number of aromatic nitrogens is 2. The van der Waals surface area contributed by atoms with Gasteiger partial charge in [-0.05, 0) is 55.5 Å². The number of carbonyl (C=O) groups is 1. The van der Waals surface area contributed by atoms with Crippen molar-refractivity contribution >= 4 is 31.8 Å². The molecule has 2 saturated heterocycles. The summed E-state index contributed by atoms with van der Waals surface area (Å²) in [7, 11) is -6.94. The summed E-state index contributed by atoms with van der Waals surface area (Å²) in [6.07, 6.45) is 5.16. The van der Waals surface area contributed by atoms with Crippen molar-refractivity contribution in [1.29, 1.82) is 5.26 Å². The van der Waals surface area contributed by atoms with E-state index in [-0.39, 0.29) is 27.9 Å². The third-order valence-corrected chi connectivity index (χ3v) is 11.0. The molecule has 0 radical (unpaired) electrons. The van der Waals surface area contributed by atoms with Gasteiger partial charge in [-0.3, -0.25) is 4.79 Å². The Morgan fingerprint density at radius 2 is 1.93 bits per heavy atom. The lowest BCUT2D eigenvalue weighted by Crippen LogP contribution is -2.39. The Hall–Kier alpha value is -3.79. The van der Waals surface area contributed by atoms with E-state index in [2.05, 4.69) is 5.32 Å². The Bertz CT molecular complexity index is 1740. The molecule has 2 fully saturated rings. The minimum atomic E-state index is -3.73. The first kappa shape index (κ1) is 28.7. The zero-order valence-electron chi connectivity index (χ0n) is 22.6. The molecule has 2 unspecified atom stereocenters. The summed E-state index contributed by atoms with van der Waals surface area (Å²) in [4.78, 5) is 13.1. The van der Waals surface area contributed by atoms with Gasteiger partial charge in [0.15, 0.2) is 9.84 Å². The predicted molar refractivity (Wildman–Crippen MR) is 155 cm³/mol. The van der Waals surface area contributed by atoms with E-state index in [0.29, 0.717) is 36.3 Å². The highest BCUT2D eigenvalue weighted by Gasteiger charge is 2.31. The van der Waals surface area contributed by atoms with Crippen LogP contribution in [-0.2, 0) is 24.7 Å². The van der Waals surface area contributed by atoms with Crippen molar-refractivity contribution in [3.63, 3.8) is 0 Å². The van der Waals surface area contributed by atoms with E-state index in [1.54, 1.807) is 35.1 Å². The normalized spacial score (nSPS) is 21.3. The summed E-state index contributed by atoms with van der Waals surface area (Å²) in [5.41, 5.74) is 1.85. The standard InChI is InChI=1S/C29H31N5O5S2/c1-21-7-6-13-33(18-21)41(38,39)27-11-5-8-22(16-27)28-24(19-34(32-28)26-9-3-2-4-10-26)15-23(17-30)29(35)31-25-12-14-40(36,37)20-25/h2-5,8-11,15-16,19,21,25H,6-7,12-14,18,20H2,1H3,(H,31,35). The molecule has 2 aromatic carbocycles. The van der Waals surface area contributed by atoms with Crippen LogP contribution >= 0.6 is 0 Å². The summed E-state index contributed by atoms with van der Waals surface area (Å²) < 4.78 is 53.8. The molecule has 1 N–H and O–H groups in total. The average Bonchev–Trinajstić information content (AvgIpc) is 3.54. The van der Waals surface area contributed by atoms with E-state index in [0.717, 1.165) is 18.5 Å². The fourth-order valence-corrected chi connectivity index (χ4v) is 8.54. The molecule has 2 atom stereocenters. The molecule has 3 heterocycles. The van der Waals surface area contributed by atoms with Crippen LogP contribution < -0.4 is 5.32 Å². The first-order chi connectivity index (χ1) is 19.6. The van der Waals surface area contributed by atoms with Gasteiger partial charge in [0.2, 0.25) is 10.0 Å². The van der Waals surface area contributed by atoms with Crippen LogP contribution in [0.25, 0.3) is 23.0 Å². The number of nitrogens with one attached hydrogen (secondary N) is 1. The van der Waals surface area contributed by atoms with E-state index in [1.165, 1.54) is 10.4 Å². The maximum atomic E-state index is 13.5. The third kappa shape index (κ3) is 6.43. The van der Waals surface area contributed by atoms with Crippen LogP contribution in [0.15, 0.2) is 71.3 Å². The molecule has 10 nitrogen and oxygen atoms in total. The van der Waals surface area contributed by atoms with Crippen molar-refractivity contribution in [3.05, 3.63) is 71.9 Å². The van der Waals surface area contributed by atoms with Gasteiger partial charge in [0.05, 0.1) is 22.1 Å². The third-order valence-electron chi connectivity index (χ3n) is 7.36. The van der Waals surface area contributed by atoms with Gasteiger partial charge in [-0.25, -0.2) is 21.5 Å². The van der Waals surface area contributed by atoms with Crippen LogP contribution in [0.2, 0.25) is 0 Å². The lowest BCUT2D eigenvalue weighted by Gasteiger charge is -2.30. The van der Waals surface area contributed by atoms with Gasteiger partial charge in [-0.2, -0.15) is 14.7 Å². The fourth-order valence-electron chi connectivity index (χ4n) is 5.22. The summed E-state index contributed by atoms with van der Waals surface area (Å²) in [5.74, 6) is -0.567. The minimum absolute atomic E-state index is 0.00681. The van der Waals surface area contributed by atoms with Crippen molar-refractivity contribution in [2.24, 2.45) is 5.92 Å². The number of sulfonamides is 1. The number of nitriles is 1. The molecule has 0 spiro atoms. The molecule has 2 aliphatic heterocycles. The molecule has 2 aliphatic rings. The molecule has 0 aliphatic carbocycles. The lowest BCUT2D eigenvalue weighted by atomic mass is 10.0. The summed E-state index contributed by atoms with van der Waals surface area (Å²) in [6.45, 7) is 2.98. The molecular formula is C29H31N5O5S2. The van der Waals surface area contributed by atoms with Gasteiger partial charge in [-0.15, -0.1) is 0 Å². The van der Waals surface area contributed by atoms with Crippen LogP contribution in [0.1, 0.15) is 31.7 Å². The molecule has 0 bridgehead atoms. The van der Waals surface area contributed by atoms with Crippen LogP contribution in [-0.4, -0.2) is 67.5 Å². The Labute approximate surface area is 240 Å². The van der Waals surface area contributed by atoms with Crippen LogP contribution in [0.3, 0.4) is 0 Å². The largest absolute Gasteiger partial charge is 0.348 e. The fraction of sp³-hybridized carbons (Fsp3) is 0.345. The highest BCUT2D eigenvalue weighted by atomic mass is 32.2. The smallest absolute Gasteiger partial charge is 0.262 e. The van der Waals surface area contributed by atoms with E-state index < -0.39 is 31.8 Å². The first-order valence-electron chi connectivity index (χ1n) is 13.4. The second-order valence-corrected chi connectivity index (χ2v) is 14.8. The maximum Gasteiger partial charge on any atom is 0.262 e. The Kier molecular flexibility index (Phi) is 8.13. The topological polar surface area (TPSA) is 142 Å². The van der Waals surface area contributed by atoms with Crippen molar-refractivity contribution in [3.8, 4) is 23.0 Å². The van der Waals surface area contributed by atoms with Crippen LogP contribution in [0.4, 0.5) is 0 Å². The maximum absolute atomic E-state index is 13.5. The van der Waals surface area contributed by atoms with Gasteiger partial charge in [0.25, 0.3) is 5.91 Å². The van der Waals surface area contributed by atoms with Gasteiger partial charge < -0.3 is 5.32 Å². The molecular weight excluding hydrogens is 562 g/mol. The number of hydrogen-bond acceptors (Lipinski definition) is 7. The van der Waals surface area contributed by atoms with Crippen LogP contribution in [0, 0.1) is 17.2 Å². The van der Waals surface area contributed by atoms with Crippen molar-refractivity contribution < 1.29 is 21.6 Å². The summed E-state index contributed by atoms with van der Waals surface area (Å²) in [5, 5.41) is 17.2.